The summed E-state index contributed by atoms with van der Waals surface area (Å²) in [5.41, 5.74) is 4.35. The van der Waals surface area contributed by atoms with Gasteiger partial charge in [0.25, 0.3) is 0 Å². The highest BCUT2D eigenvalue weighted by atomic mass is 35.5. The fourth-order valence-electron chi connectivity index (χ4n) is 4.20. The van der Waals surface area contributed by atoms with E-state index in [4.69, 9.17) is 16.1 Å². The first-order valence-corrected chi connectivity index (χ1v) is 11.4. The van der Waals surface area contributed by atoms with E-state index in [1.165, 1.54) is 5.56 Å². The Morgan fingerprint density at radius 2 is 1.74 bits per heavy atom. The Labute approximate surface area is 204 Å². The summed E-state index contributed by atoms with van der Waals surface area (Å²) in [5.74, 6) is 0.969. The molecule has 3 aromatic heterocycles. The molecule has 0 atom stereocenters. The topological polar surface area (TPSA) is 91.6 Å². The van der Waals surface area contributed by atoms with Gasteiger partial charge in [-0.1, -0.05) is 63.9 Å². The molecule has 0 radical (unpaired) electrons. The molecule has 9 heteroatoms. The van der Waals surface area contributed by atoms with Crippen LogP contribution in [0.25, 0.3) is 33.2 Å². The number of hydrogen-bond donors (Lipinski definition) is 0. The summed E-state index contributed by atoms with van der Waals surface area (Å²) in [4.78, 5) is 17.5. The van der Waals surface area contributed by atoms with Gasteiger partial charge in [-0.15, -0.1) is 5.10 Å². The highest BCUT2D eigenvalue weighted by molar-refractivity contribution is 6.31. The molecule has 0 N–H and O–H groups in total. The summed E-state index contributed by atoms with van der Waals surface area (Å²) >= 11 is 6.19. The zero-order valence-corrected chi connectivity index (χ0v) is 19.5. The molecule has 3 heterocycles. The van der Waals surface area contributed by atoms with E-state index in [9.17, 15) is 4.79 Å². The number of nitrogens with zero attached hydrogens (tertiary/aromatic N) is 6. The number of benzene rings is 3. The van der Waals surface area contributed by atoms with E-state index >= 15 is 0 Å². The van der Waals surface area contributed by atoms with Gasteiger partial charge in [0.2, 0.25) is 11.7 Å². The highest BCUT2D eigenvalue weighted by Crippen LogP contribution is 2.23. The van der Waals surface area contributed by atoms with Crippen LogP contribution in [0.1, 0.15) is 17.1 Å². The normalized spacial score (nSPS) is 11.5. The number of rotatable bonds is 5. The van der Waals surface area contributed by atoms with Crippen molar-refractivity contribution in [1.29, 1.82) is 0 Å². The zero-order chi connectivity index (χ0) is 23.9. The van der Waals surface area contributed by atoms with E-state index in [1.54, 1.807) is 16.8 Å². The number of para-hydroxylation sites is 1. The molecule has 0 fully saturated rings. The zero-order valence-electron chi connectivity index (χ0n) is 18.7. The van der Waals surface area contributed by atoms with Gasteiger partial charge in [-0.05, 0) is 37.3 Å². The third-order valence-corrected chi connectivity index (χ3v) is 6.15. The summed E-state index contributed by atoms with van der Waals surface area (Å²) in [6, 6.07) is 20.8. The monoisotopic (exact) mass is 482 g/mol. The molecule has 6 aromatic rings. The number of fused-ring (bicyclic) bond motifs is 2. The summed E-state index contributed by atoms with van der Waals surface area (Å²) in [7, 11) is 0. The first-order chi connectivity index (χ1) is 17.0. The minimum Gasteiger partial charge on any atom is -0.337 e. The molecule has 0 bridgehead atoms. The minimum atomic E-state index is -0.0428. The van der Waals surface area contributed by atoms with Crippen LogP contribution in [0.3, 0.4) is 0 Å². The fourth-order valence-corrected chi connectivity index (χ4v) is 4.37. The Kier molecular flexibility index (Phi) is 5.15. The number of aromatic nitrogens is 6. The second-order valence-electron chi connectivity index (χ2n) is 8.38. The first-order valence-electron chi connectivity index (χ1n) is 11.0. The third-order valence-electron chi connectivity index (χ3n) is 5.91. The van der Waals surface area contributed by atoms with Crippen molar-refractivity contribution in [1.82, 2.24) is 29.7 Å². The highest BCUT2D eigenvalue weighted by Gasteiger charge is 2.14. The van der Waals surface area contributed by atoms with Crippen molar-refractivity contribution in [3.63, 3.8) is 0 Å². The summed E-state index contributed by atoms with van der Waals surface area (Å²) in [5, 5.41) is 14.4. The van der Waals surface area contributed by atoms with Gasteiger partial charge in [0.1, 0.15) is 12.2 Å². The first kappa shape index (κ1) is 21.2. The molecule has 0 aliphatic rings. The van der Waals surface area contributed by atoms with Crippen LogP contribution in [0, 0.1) is 6.92 Å². The molecule has 8 nitrogen and oxygen atoms in total. The molecule has 0 spiro atoms. The Hall–Kier alpha value is -4.30. The maximum atomic E-state index is 13.0. The van der Waals surface area contributed by atoms with Crippen molar-refractivity contribution in [3.8, 4) is 11.4 Å². The van der Waals surface area contributed by atoms with Crippen molar-refractivity contribution < 1.29 is 4.52 Å². The van der Waals surface area contributed by atoms with Crippen LogP contribution in [0.4, 0.5) is 0 Å². The fraction of sp³-hybridized carbons (Fsp3) is 0.115. The summed E-state index contributed by atoms with van der Waals surface area (Å²) < 4.78 is 9.13. The quantitative estimate of drug-likeness (QED) is 0.326. The largest absolute Gasteiger partial charge is 0.337 e. The molecule has 0 saturated heterocycles. The molecule has 172 valence electrons. The van der Waals surface area contributed by atoms with E-state index in [2.05, 4.69) is 25.0 Å². The Morgan fingerprint density at radius 3 is 2.60 bits per heavy atom. The molecule has 0 aliphatic heterocycles. The average molecular weight is 483 g/mol. The van der Waals surface area contributed by atoms with Gasteiger partial charge in [-0.25, -0.2) is 4.68 Å². The second-order valence-corrected chi connectivity index (χ2v) is 8.82. The van der Waals surface area contributed by atoms with Gasteiger partial charge in [0.15, 0.2) is 5.43 Å². The van der Waals surface area contributed by atoms with Gasteiger partial charge in [0, 0.05) is 21.4 Å². The molecule has 0 unspecified atom stereocenters. The molecule has 0 saturated carbocycles. The Balaban J connectivity index is 1.31. The van der Waals surface area contributed by atoms with Crippen LogP contribution in [0.5, 0.6) is 0 Å². The SMILES string of the molecule is Cc1ccc(-c2noc(Cn3cc(Cn4c5ccccc5c(=O)c5cc(Cl)ccc54)nn3)n2)cc1. The lowest BCUT2D eigenvalue weighted by Gasteiger charge is -2.14. The molecular weight excluding hydrogens is 464 g/mol. The minimum absolute atomic E-state index is 0.0428. The van der Waals surface area contributed by atoms with Gasteiger partial charge in [-0.3, -0.25) is 4.79 Å². The Bertz CT molecular complexity index is 1750. The smallest absolute Gasteiger partial charge is 0.248 e. The molecule has 6 rings (SSSR count). The van der Waals surface area contributed by atoms with Crippen LogP contribution in [-0.2, 0) is 13.1 Å². The van der Waals surface area contributed by atoms with Gasteiger partial charge >= 0.3 is 0 Å². The molecule has 3 aromatic carbocycles. The molecule has 0 amide bonds. The van der Waals surface area contributed by atoms with E-state index < -0.39 is 0 Å². The van der Waals surface area contributed by atoms with E-state index in [-0.39, 0.29) is 5.43 Å². The number of pyridine rings is 1. The summed E-state index contributed by atoms with van der Waals surface area (Å²) in [6.45, 7) is 2.76. The van der Waals surface area contributed by atoms with Crippen molar-refractivity contribution in [2.45, 2.75) is 20.0 Å². The van der Waals surface area contributed by atoms with Gasteiger partial charge in [0.05, 0.1) is 23.8 Å². The van der Waals surface area contributed by atoms with Crippen LogP contribution in [0.15, 0.2) is 82.2 Å². The standard InChI is InChI=1S/C26H19ClN6O2/c1-16-6-8-17(9-7-16)26-28-24(35-30-26)15-32-13-19(29-31-32)14-33-22-5-3-2-4-20(22)25(34)21-12-18(27)10-11-23(21)33/h2-13H,14-15H2,1H3. The molecule has 35 heavy (non-hydrogen) atoms. The van der Waals surface area contributed by atoms with E-state index in [0.717, 1.165) is 22.3 Å². The lowest BCUT2D eigenvalue weighted by atomic mass is 10.1. The number of aryl methyl sites for hydroxylation is 1. The number of halogens is 1. The van der Waals surface area contributed by atoms with E-state index in [0.29, 0.717) is 40.6 Å². The van der Waals surface area contributed by atoms with Crippen molar-refractivity contribution in [3.05, 3.63) is 105 Å². The van der Waals surface area contributed by atoms with Crippen molar-refractivity contribution in [2.24, 2.45) is 0 Å². The molecule has 0 aliphatic carbocycles. The maximum absolute atomic E-state index is 13.0. The predicted molar refractivity (Wildman–Crippen MR) is 133 cm³/mol. The lowest BCUT2D eigenvalue weighted by molar-refractivity contribution is 0.364. The van der Waals surface area contributed by atoms with Gasteiger partial charge < -0.3 is 9.09 Å². The van der Waals surface area contributed by atoms with Crippen LogP contribution >= 0.6 is 11.6 Å². The lowest BCUT2D eigenvalue weighted by Crippen LogP contribution is -2.12. The summed E-state index contributed by atoms with van der Waals surface area (Å²) in [6.07, 6.45) is 1.84. The Morgan fingerprint density at radius 1 is 0.943 bits per heavy atom. The van der Waals surface area contributed by atoms with E-state index in [1.807, 2.05) is 67.7 Å². The van der Waals surface area contributed by atoms with Crippen LogP contribution in [-0.4, -0.2) is 29.7 Å². The van der Waals surface area contributed by atoms with Crippen LogP contribution in [0.2, 0.25) is 5.02 Å². The molecular formula is C26H19ClN6O2. The van der Waals surface area contributed by atoms with Gasteiger partial charge in [-0.2, -0.15) is 4.98 Å². The third kappa shape index (κ3) is 3.98. The second kappa shape index (κ2) is 8.48. The van der Waals surface area contributed by atoms with Crippen molar-refractivity contribution >= 4 is 33.4 Å². The predicted octanol–water partition coefficient (Wildman–Crippen LogP) is 4.85. The van der Waals surface area contributed by atoms with Crippen molar-refractivity contribution in [2.75, 3.05) is 0 Å². The maximum Gasteiger partial charge on any atom is 0.248 e. The van der Waals surface area contributed by atoms with Crippen LogP contribution < -0.4 is 5.43 Å². The number of hydrogen-bond acceptors (Lipinski definition) is 6. The average Bonchev–Trinajstić information content (AvgIpc) is 3.52.